The summed E-state index contributed by atoms with van der Waals surface area (Å²) in [6.45, 7) is 0. The average molecular weight is 166 g/mol. The second kappa shape index (κ2) is 4.44. The third-order valence-corrected chi connectivity index (χ3v) is 1.31. The molecule has 1 aromatic carbocycles. The smallest absolute Gasteiger partial charge is 0.173 e. The fourth-order valence-electron chi connectivity index (χ4n) is 0.796. The van der Waals surface area contributed by atoms with E-state index in [2.05, 4.69) is 0 Å². The van der Waals surface area contributed by atoms with Crippen molar-refractivity contribution < 1.29 is 8.78 Å². The Kier molecular flexibility index (Phi) is 3.20. The van der Waals surface area contributed by atoms with Crippen LogP contribution in [0.5, 0.6) is 0 Å². The first kappa shape index (κ1) is 8.65. The van der Waals surface area contributed by atoms with Crippen molar-refractivity contribution >= 4 is 6.08 Å². The van der Waals surface area contributed by atoms with Gasteiger partial charge in [-0.05, 0) is 5.56 Å². The van der Waals surface area contributed by atoms with Crippen LogP contribution in [-0.2, 0) is 0 Å². The molecule has 0 aliphatic heterocycles. The minimum Gasteiger partial charge on any atom is -0.173 e. The molecule has 0 N–H and O–H groups in total. The number of allylic oxidation sites excluding steroid dienone is 2. The number of rotatable bonds is 2. The Balaban J connectivity index is 2.64. The molecule has 0 aliphatic rings. The monoisotopic (exact) mass is 166 g/mol. The zero-order chi connectivity index (χ0) is 8.81. The third kappa shape index (κ3) is 3.10. The molecule has 2 heteroatoms. The number of hydrogen-bond donors (Lipinski definition) is 0. The molecular formula is C10H8F2. The van der Waals surface area contributed by atoms with Crippen LogP contribution in [0.1, 0.15) is 5.56 Å². The van der Waals surface area contributed by atoms with Crippen molar-refractivity contribution in [3.8, 4) is 0 Å². The first-order valence-electron chi connectivity index (χ1n) is 3.53. The molecule has 0 nitrogen and oxygen atoms in total. The van der Waals surface area contributed by atoms with Crippen LogP contribution in [0.25, 0.3) is 6.08 Å². The Hall–Kier alpha value is -1.44. The molecule has 0 atom stereocenters. The zero-order valence-corrected chi connectivity index (χ0v) is 6.37. The molecule has 62 valence electrons. The summed E-state index contributed by atoms with van der Waals surface area (Å²) in [7, 11) is 0. The summed E-state index contributed by atoms with van der Waals surface area (Å²) in [5.74, 6) is 0. The van der Waals surface area contributed by atoms with Crippen molar-refractivity contribution in [1.29, 1.82) is 0 Å². The zero-order valence-electron chi connectivity index (χ0n) is 6.37. The van der Waals surface area contributed by atoms with E-state index in [1.165, 1.54) is 6.08 Å². The summed E-state index contributed by atoms with van der Waals surface area (Å²) < 4.78 is 23.1. The van der Waals surface area contributed by atoms with Crippen LogP contribution in [0, 0.1) is 0 Å². The summed E-state index contributed by atoms with van der Waals surface area (Å²) in [6, 6.07) is 9.29. The molecule has 12 heavy (non-hydrogen) atoms. The van der Waals surface area contributed by atoms with Gasteiger partial charge in [0.2, 0.25) is 0 Å². The molecule has 0 aliphatic carbocycles. The van der Waals surface area contributed by atoms with Crippen LogP contribution in [0.15, 0.2) is 48.6 Å². The lowest BCUT2D eigenvalue weighted by Crippen LogP contribution is -1.66. The SMILES string of the molecule is FC(F)=C/C=C/c1ccccc1. The molecule has 0 saturated heterocycles. The summed E-state index contributed by atoms with van der Waals surface area (Å²) in [5.41, 5.74) is 0.912. The topological polar surface area (TPSA) is 0 Å². The van der Waals surface area contributed by atoms with Crippen molar-refractivity contribution in [3.05, 3.63) is 54.1 Å². The Morgan fingerprint density at radius 1 is 1.08 bits per heavy atom. The highest BCUT2D eigenvalue weighted by atomic mass is 19.3. The van der Waals surface area contributed by atoms with Crippen LogP contribution in [0.3, 0.4) is 0 Å². The Morgan fingerprint density at radius 3 is 2.33 bits per heavy atom. The van der Waals surface area contributed by atoms with Crippen LogP contribution in [0.2, 0.25) is 0 Å². The molecule has 0 fully saturated rings. The molecule has 0 saturated carbocycles. The van der Waals surface area contributed by atoms with E-state index in [4.69, 9.17) is 0 Å². The van der Waals surface area contributed by atoms with Crippen LogP contribution >= 0.6 is 0 Å². The Bertz CT molecular complexity index is 282. The molecule has 0 aromatic heterocycles. The standard InChI is InChI=1S/C10H8F2/c11-10(12)8-4-7-9-5-2-1-3-6-9/h1-8H/b7-4+. The predicted octanol–water partition coefficient (Wildman–Crippen LogP) is 3.48. The Morgan fingerprint density at radius 2 is 1.75 bits per heavy atom. The predicted molar refractivity (Wildman–Crippen MR) is 45.8 cm³/mol. The van der Waals surface area contributed by atoms with Crippen molar-refractivity contribution in [2.75, 3.05) is 0 Å². The fourth-order valence-corrected chi connectivity index (χ4v) is 0.796. The highest BCUT2D eigenvalue weighted by Gasteiger charge is 1.83. The van der Waals surface area contributed by atoms with Gasteiger partial charge in [0.25, 0.3) is 6.08 Å². The van der Waals surface area contributed by atoms with Crippen LogP contribution < -0.4 is 0 Å². The summed E-state index contributed by atoms with van der Waals surface area (Å²) in [4.78, 5) is 0. The van der Waals surface area contributed by atoms with Gasteiger partial charge in [0, 0.05) is 6.08 Å². The summed E-state index contributed by atoms with van der Waals surface area (Å²) in [5, 5.41) is 0. The molecule has 1 aromatic rings. The maximum Gasteiger partial charge on any atom is 0.270 e. The van der Waals surface area contributed by atoms with Gasteiger partial charge in [-0.15, -0.1) is 0 Å². The largest absolute Gasteiger partial charge is 0.270 e. The van der Waals surface area contributed by atoms with E-state index < -0.39 is 6.08 Å². The minimum absolute atomic E-state index is 0.771. The quantitative estimate of drug-likeness (QED) is 0.590. The highest BCUT2D eigenvalue weighted by molar-refractivity contribution is 5.50. The summed E-state index contributed by atoms with van der Waals surface area (Å²) >= 11 is 0. The molecule has 0 spiro atoms. The van der Waals surface area contributed by atoms with Crippen molar-refractivity contribution in [2.24, 2.45) is 0 Å². The van der Waals surface area contributed by atoms with Crippen molar-refractivity contribution in [1.82, 2.24) is 0 Å². The minimum atomic E-state index is -1.68. The molecule has 0 heterocycles. The first-order chi connectivity index (χ1) is 5.79. The van der Waals surface area contributed by atoms with Gasteiger partial charge in [0.05, 0.1) is 0 Å². The van der Waals surface area contributed by atoms with E-state index in [9.17, 15) is 8.78 Å². The second-order valence-electron chi connectivity index (χ2n) is 2.23. The van der Waals surface area contributed by atoms with E-state index >= 15 is 0 Å². The molecular weight excluding hydrogens is 158 g/mol. The lowest BCUT2D eigenvalue weighted by atomic mass is 10.2. The summed E-state index contributed by atoms with van der Waals surface area (Å²) in [6.07, 6.45) is 2.04. The van der Waals surface area contributed by atoms with Gasteiger partial charge in [0.1, 0.15) is 0 Å². The maximum absolute atomic E-state index is 11.5. The van der Waals surface area contributed by atoms with E-state index in [0.717, 1.165) is 11.6 Å². The third-order valence-electron chi connectivity index (χ3n) is 1.31. The van der Waals surface area contributed by atoms with Gasteiger partial charge in [-0.25, -0.2) is 0 Å². The van der Waals surface area contributed by atoms with E-state index in [-0.39, 0.29) is 0 Å². The van der Waals surface area contributed by atoms with Gasteiger partial charge in [-0.2, -0.15) is 8.78 Å². The molecule has 1 rings (SSSR count). The normalized spacial score (nSPS) is 10.2. The van der Waals surface area contributed by atoms with Gasteiger partial charge in [0.15, 0.2) is 0 Å². The second-order valence-corrected chi connectivity index (χ2v) is 2.23. The van der Waals surface area contributed by atoms with Gasteiger partial charge in [-0.3, -0.25) is 0 Å². The van der Waals surface area contributed by atoms with Crippen LogP contribution in [0.4, 0.5) is 8.78 Å². The van der Waals surface area contributed by atoms with E-state index in [1.807, 2.05) is 30.3 Å². The fraction of sp³-hybridized carbons (Fsp3) is 0. The maximum atomic E-state index is 11.5. The van der Waals surface area contributed by atoms with Crippen molar-refractivity contribution in [3.63, 3.8) is 0 Å². The average Bonchev–Trinajstić information content (AvgIpc) is 2.05. The first-order valence-corrected chi connectivity index (χ1v) is 3.53. The molecule has 0 radical (unpaired) electrons. The van der Waals surface area contributed by atoms with Crippen LogP contribution in [-0.4, -0.2) is 0 Å². The van der Waals surface area contributed by atoms with E-state index in [1.54, 1.807) is 6.08 Å². The molecule has 0 amide bonds. The van der Waals surface area contributed by atoms with Gasteiger partial charge < -0.3 is 0 Å². The molecule has 0 unspecified atom stereocenters. The van der Waals surface area contributed by atoms with Crippen molar-refractivity contribution in [2.45, 2.75) is 0 Å². The molecule has 0 bridgehead atoms. The lowest BCUT2D eigenvalue weighted by Gasteiger charge is -1.87. The highest BCUT2D eigenvalue weighted by Crippen LogP contribution is 2.02. The van der Waals surface area contributed by atoms with Gasteiger partial charge in [-0.1, -0.05) is 42.5 Å². The Labute approximate surface area is 69.8 Å². The number of hydrogen-bond acceptors (Lipinski definition) is 0. The lowest BCUT2D eigenvalue weighted by molar-refractivity contribution is 0.422. The van der Waals surface area contributed by atoms with Gasteiger partial charge >= 0.3 is 0 Å². The number of halogens is 2. The van der Waals surface area contributed by atoms with E-state index in [0.29, 0.717) is 0 Å². The number of benzene rings is 1.